The van der Waals surface area contributed by atoms with Gasteiger partial charge >= 0.3 is 0 Å². The Bertz CT molecular complexity index is 668. The summed E-state index contributed by atoms with van der Waals surface area (Å²) in [5, 5.41) is 0. The highest BCUT2D eigenvalue weighted by Gasteiger charge is 2.38. The van der Waals surface area contributed by atoms with Gasteiger partial charge in [0.15, 0.2) is 0 Å². The molecule has 0 amide bonds. The number of rotatable bonds is 12. The van der Waals surface area contributed by atoms with E-state index in [2.05, 4.69) is 73.7 Å². The number of hydrogen-bond acceptors (Lipinski definition) is 0. The second kappa shape index (κ2) is 11.1. The van der Waals surface area contributed by atoms with Crippen molar-refractivity contribution in [3.05, 3.63) is 83.4 Å². The monoisotopic (exact) mass is 360 g/mol. The van der Waals surface area contributed by atoms with Gasteiger partial charge in [0.2, 0.25) is 0 Å². The maximum absolute atomic E-state index is 2.62. The molecule has 0 radical (unpaired) electrons. The molecular formula is C27H36. The van der Waals surface area contributed by atoms with Crippen molar-refractivity contribution < 1.29 is 0 Å². The molecule has 0 saturated heterocycles. The summed E-state index contributed by atoms with van der Waals surface area (Å²) >= 11 is 0. The van der Waals surface area contributed by atoms with Crippen molar-refractivity contribution >= 4 is 0 Å². The van der Waals surface area contributed by atoms with E-state index in [4.69, 9.17) is 0 Å². The van der Waals surface area contributed by atoms with Gasteiger partial charge in [-0.25, -0.2) is 0 Å². The second-order valence-electron chi connectivity index (χ2n) is 8.24. The zero-order chi connectivity index (χ0) is 18.7. The van der Waals surface area contributed by atoms with Crippen molar-refractivity contribution in [1.29, 1.82) is 0 Å². The molecule has 0 aromatic heterocycles. The summed E-state index contributed by atoms with van der Waals surface area (Å²) in [6.45, 7) is 2.32. The van der Waals surface area contributed by atoms with Gasteiger partial charge in [0.25, 0.3) is 0 Å². The Morgan fingerprint density at radius 2 is 1.48 bits per heavy atom. The van der Waals surface area contributed by atoms with Crippen molar-refractivity contribution in [3.8, 4) is 0 Å². The summed E-state index contributed by atoms with van der Waals surface area (Å²) in [6.07, 6.45) is 15.8. The Kier molecular flexibility index (Phi) is 8.21. The van der Waals surface area contributed by atoms with Crippen LogP contribution in [0.2, 0.25) is 0 Å². The quantitative estimate of drug-likeness (QED) is 0.268. The number of aryl methyl sites for hydroxylation is 2. The lowest BCUT2D eigenvalue weighted by Gasteiger charge is -2.09. The lowest BCUT2D eigenvalue weighted by molar-refractivity contribution is 0.614. The molecular weight excluding hydrogens is 324 g/mol. The average Bonchev–Trinajstić information content (AvgIpc) is 3.49. The van der Waals surface area contributed by atoms with Gasteiger partial charge in [-0.3, -0.25) is 0 Å². The first-order valence-corrected chi connectivity index (χ1v) is 11.1. The van der Waals surface area contributed by atoms with Crippen LogP contribution in [-0.2, 0) is 12.8 Å². The van der Waals surface area contributed by atoms with Crippen LogP contribution in [0.25, 0.3) is 0 Å². The normalized spacial score (nSPS) is 19.2. The smallest absolute Gasteiger partial charge is 0.0172 e. The molecule has 1 aliphatic rings. The molecule has 2 unspecified atom stereocenters. The largest absolute Gasteiger partial charge is 0.0850 e. The molecule has 1 aliphatic carbocycles. The first-order chi connectivity index (χ1) is 13.4. The van der Waals surface area contributed by atoms with Gasteiger partial charge < -0.3 is 0 Å². The van der Waals surface area contributed by atoms with E-state index in [1.54, 1.807) is 5.57 Å². The lowest BCUT2D eigenvalue weighted by atomic mass is 9.97. The fourth-order valence-electron chi connectivity index (χ4n) is 4.31. The molecule has 2 atom stereocenters. The third kappa shape index (κ3) is 7.01. The number of unbranched alkanes of at least 4 members (excludes halogenated alkanes) is 2. The fourth-order valence-corrected chi connectivity index (χ4v) is 4.31. The Balaban J connectivity index is 1.48. The van der Waals surface area contributed by atoms with E-state index in [9.17, 15) is 0 Å². The van der Waals surface area contributed by atoms with Gasteiger partial charge in [0.1, 0.15) is 0 Å². The molecule has 3 rings (SSSR count). The van der Waals surface area contributed by atoms with Crippen molar-refractivity contribution in [3.63, 3.8) is 0 Å². The van der Waals surface area contributed by atoms with Gasteiger partial charge in [-0.2, -0.15) is 0 Å². The summed E-state index contributed by atoms with van der Waals surface area (Å²) in [5.41, 5.74) is 4.74. The zero-order valence-corrected chi connectivity index (χ0v) is 17.1. The highest BCUT2D eigenvalue weighted by molar-refractivity contribution is 5.19. The molecule has 27 heavy (non-hydrogen) atoms. The Hall–Kier alpha value is -1.82. The molecule has 0 aliphatic heterocycles. The van der Waals surface area contributed by atoms with E-state index in [0.29, 0.717) is 0 Å². The Morgan fingerprint density at radius 3 is 2.11 bits per heavy atom. The van der Waals surface area contributed by atoms with E-state index in [1.165, 1.54) is 75.3 Å². The minimum Gasteiger partial charge on any atom is -0.0850 e. The summed E-state index contributed by atoms with van der Waals surface area (Å²) in [7, 11) is 0. The van der Waals surface area contributed by atoms with Crippen LogP contribution >= 0.6 is 0 Å². The maximum Gasteiger partial charge on any atom is -0.0172 e. The molecule has 0 bridgehead atoms. The molecule has 1 saturated carbocycles. The topological polar surface area (TPSA) is 0 Å². The van der Waals surface area contributed by atoms with E-state index in [0.717, 1.165) is 11.8 Å². The van der Waals surface area contributed by atoms with Crippen molar-refractivity contribution in [2.24, 2.45) is 11.8 Å². The van der Waals surface area contributed by atoms with E-state index in [-0.39, 0.29) is 0 Å². The Labute approximate surface area is 166 Å². The third-order valence-corrected chi connectivity index (χ3v) is 6.02. The fraction of sp³-hybridized carbons (Fsp3) is 0.481. The molecule has 144 valence electrons. The number of hydrogen-bond donors (Lipinski definition) is 0. The van der Waals surface area contributed by atoms with E-state index >= 15 is 0 Å². The van der Waals surface area contributed by atoms with Gasteiger partial charge in [-0.15, -0.1) is 0 Å². The third-order valence-electron chi connectivity index (χ3n) is 6.02. The van der Waals surface area contributed by atoms with Gasteiger partial charge in [0.05, 0.1) is 0 Å². The maximum atomic E-state index is 2.62. The molecule has 0 N–H and O–H groups in total. The Morgan fingerprint density at radius 1 is 0.852 bits per heavy atom. The molecule has 0 spiro atoms. The first kappa shape index (κ1) is 19.9. The molecule has 2 aromatic carbocycles. The number of allylic oxidation sites excluding steroid dienone is 2. The average molecular weight is 361 g/mol. The highest BCUT2D eigenvalue weighted by atomic mass is 14.4. The summed E-state index contributed by atoms with van der Waals surface area (Å²) in [4.78, 5) is 0. The standard InChI is InChI=1S/C27H36/c1-2-3-19-26-22-27(26)25(21-12-18-24-15-8-5-9-16-24)20-11-10-17-23-13-6-4-7-14-23/h4-9,13-16,20,26-27H,2-3,10-12,17-19,21-22H2,1H3/b25-20+. The van der Waals surface area contributed by atoms with Crippen LogP contribution in [0.4, 0.5) is 0 Å². The van der Waals surface area contributed by atoms with Crippen molar-refractivity contribution in [2.45, 2.75) is 71.1 Å². The van der Waals surface area contributed by atoms with Crippen LogP contribution in [0.15, 0.2) is 72.3 Å². The minimum absolute atomic E-state index is 0.907. The van der Waals surface area contributed by atoms with Crippen LogP contribution in [0.3, 0.4) is 0 Å². The van der Waals surface area contributed by atoms with Crippen molar-refractivity contribution in [1.82, 2.24) is 0 Å². The molecule has 2 aromatic rings. The van der Waals surface area contributed by atoms with Gasteiger partial charge in [-0.05, 0) is 74.3 Å². The van der Waals surface area contributed by atoms with Gasteiger partial charge in [-0.1, -0.05) is 92.1 Å². The lowest BCUT2D eigenvalue weighted by Crippen LogP contribution is -1.94. The summed E-state index contributed by atoms with van der Waals surface area (Å²) in [5.74, 6) is 1.89. The number of benzene rings is 2. The molecule has 0 nitrogen and oxygen atoms in total. The van der Waals surface area contributed by atoms with Crippen LogP contribution < -0.4 is 0 Å². The van der Waals surface area contributed by atoms with Crippen LogP contribution in [0.1, 0.15) is 69.4 Å². The first-order valence-electron chi connectivity index (χ1n) is 11.1. The van der Waals surface area contributed by atoms with Crippen LogP contribution in [0, 0.1) is 11.8 Å². The predicted molar refractivity (Wildman–Crippen MR) is 118 cm³/mol. The molecule has 1 fully saturated rings. The molecule has 0 heterocycles. The zero-order valence-electron chi connectivity index (χ0n) is 17.1. The minimum atomic E-state index is 0.907. The van der Waals surface area contributed by atoms with Crippen LogP contribution in [0.5, 0.6) is 0 Å². The summed E-state index contributed by atoms with van der Waals surface area (Å²) < 4.78 is 0. The van der Waals surface area contributed by atoms with Crippen molar-refractivity contribution in [2.75, 3.05) is 0 Å². The second-order valence-corrected chi connectivity index (χ2v) is 8.24. The van der Waals surface area contributed by atoms with E-state index < -0.39 is 0 Å². The molecule has 0 heteroatoms. The SMILES string of the molecule is CCCCC1CC1/C(=C/CCCc1ccccc1)CCCc1ccccc1. The van der Waals surface area contributed by atoms with Gasteiger partial charge in [0, 0.05) is 0 Å². The predicted octanol–water partition coefficient (Wildman–Crippen LogP) is 7.78. The van der Waals surface area contributed by atoms with Crippen LogP contribution in [-0.4, -0.2) is 0 Å². The highest BCUT2D eigenvalue weighted by Crippen LogP contribution is 2.48. The summed E-state index contributed by atoms with van der Waals surface area (Å²) in [6, 6.07) is 21.9. The van der Waals surface area contributed by atoms with E-state index in [1.807, 2.05) is 0 Å².